The molecule has 0 radical (unpaired) electrons. The number of nitrogens with two attached hydrogens (primary N) is 1. The van der Waals surface area contributed by atoms with Crippen LogP contribution in [-0.4, -0.2) is 12.0 Å². The number of rotatable bonds is 4. The van der Waals surface area contributed by atoms with Crippen molar-refractivity contribution in [1.82, 2.24) is 0 Å². The molecule has 0 unspecified atom stereocenters. The van der Waals surface area contributed by atoms with E-state index in [1.165, 1.54) is 12.8 Å². The molecule has 0 aromatic heterocycles. The lowest BCUT2D eigenvalue weighted by molar-refractivity contribution is -0.147. The fraction of sp³-hybridized carbons (Fsp3) is 0.500. The molecule has 0 amide bonds. The summed E-state index contributed by atoms with van der Waals surface area (Å²) in [6.07, 6.45) is 4.48. The Hall–Kier alpha value is -1.35. The van der Waals surface area contributed by atoms with Crippen LogP contribution in [0.4, 0.5) is 0 Å². The molecular weight excluding hydrogens is 214 g/mol. The summed E-state index contributed by atoms with van der Waals surface area (Å²) in [5.74, 6) is 0.0547. The fourth-order valence-electron chi connectivity index (χ4n) is 2.33. The topological polar surface area (TPSA) is 52.3 Å². The molecule has 0 aliphatic heterocycles. The van der Waals surface area contributed by atoms with Crippen molar-refractivity contribution in [2.24, 2.45) is 11.7 Å². The molecule has 0 heterocycles. The summed E-state index contributed by atoms with van der Waals surface area (Å²) in [6, 6.07) is 9.24. The molecule has 1 saturated carbocycles. The zero-order valence-corrected chi connectivity index (χ0v) is 9.97. The summed E-state index contributed by atoms with van der Waals surface area (Å²) in [4.78, 5) is 11.8. The Morgan fingerprint density at radius 1 is 1.29 bits per heavy atom. The second kappa shape index (κ2) is 5.82. The molecule has 2 rings (SSSR count). The summed E-state index contributed by atoms with van der Waals surface area (Å²) in [5, 5.41) is 0. The molecule has 1 aliphatic carbocycles. The SMILES string of the molecule is N[C@@H](C(=O)OCc1ccccc1)C1CCCC1. The van der Waals surface area contributed by atoms with Gasteiger partial charge in [0.05, 0.1) is 0 Å². The lowest BCUT2D eigenvalue weighted by atomic mass is 9.99. The Kier molecular flexibility index (Phi) is 4.15. The summed E-state index contributed by atoms with van der Waals surface area (Å²) in [6.45, 7) is 0.320. The molecular formula is C14H19NO2. The van der Waals surface area contributed by atoms with Crippen LogP contribution in [0, 0.1) is 5.92 Å². The molecule has 3 heteroatoms. The molecule has 2 N–H and O–H groups in total. The number of esters is 1. The Bertz CT molecular complexity index is 358. The molecule has 17 heavy (non-hydrogen) atoms. The van der Waals surface area contributed by atoms with E-state index < -0.39 is 6.04 Å². The van der Waals surface area contributed by atoms with Crippen LogP contribution in [0.2, 0.25) is 0 Å². The average molecular weight is 233 g/mol. The van der Waals surface area contributed by atoms with Crippen LogP contribution in [-0.2, 0) is 16.1 Å². The lowest BCUT2D eigenvalue weighted by Crippen LogP contribution is -2.38. The summed E-state index contributed by atoms with van der Waals surface area (Å²) in [5.41, 5.74) is 6.91. The highest BCUT2D eigenvalue weighted by molar-refractivity contribution is 5.75. The van der Waals surface area contributed by atoms with Crippen LogP contribution < -0.4 is 5.73 Å². The van der Waals surface area contributed by atoms with Crippen LogP contribution in [0.15, 0.2) is 30.3 Å². The van der Waals surface area contributed by atoms with Gasteiger partial charge in [0.2, 0.25) is 0 Å². The van der Waals surface area contributed by atoms with Gasteiger partial charge in [-0.3, -0.25) is 4.79 Å². The third-order valence-electron chi connectivity index (χ3n) is 3.40. The molecule has 0 spiro atoms. The van der Waals surface area contributed by atoms with Gasteiger partial charge >= 0.3 is 5.97 Å². The number of hydrogen-bond acceptors (Lipinski definition) is 3. The first-order chi connectivity index (χ1) is 8.27. The average Bonchev–Trinajstić information content (AvgIpc) is 2.90. The second-order valence-corrected chi connectivity index (χ2v) is 4.66. The van der Waals surface area contributed by atoms with Crippen molar-refractivity contribution in [2.75, 3.05) is 0 Å². The fourth-order valence-corrected chi connectivity index (χ4v) is 2.33. The predicted molar refractivity (Wildman–Crippen MR) is 66.2 cm³/mol. The zero-order valence-electron chi connectivity index (χ0n) is 9.97. The Labute approximate surface area is 102 Å². The van der Waals surface area contributed by atoms with Crippen molar-refractivity contribution in [3.8, 4) is 0 Å². The van der Waals surface area contributed by atoms with Gasteiger partial charge in [0.25, 0.3) is 0 Å². The van der Waals surface area contributed by atoms with Crippen molar-refractivity contribution >= 4 is 5.97 Å². The van der Waals surface area contributed by atoms with E-state index >= 15 is 0 Å². The van der Waals surface area contributed by atoms with E-state index in [0.717, 1.165) is 18.4 Å². The quantitative estimate of drug-likeness (QED) is 0.811. The standard InChI is InChI=1S/C14H19NO2/c15-13(12-8-4-5-9-12)14(16)17-10-11-6-2-1-3-7-11/h1-3,6-7,12-13H,4-5,8-10,15H2/t13-/m1/s1. The number of hydrogen-bond donors (Lipinski definition) is 1. The van der Waals surface area contributed by atoms with E-state index in [2.05, 4.69) is 0 Å². The Balaban J connectivity index is 1.80. The van der Waals surface area contributed by atoms with Gasteiger partial charge in [-0.05, 0) is 24.3 Å². The molecule has 1 atom stereocenters. The van der Waals surface area contributed by atoms with Gasteiger partial charge in [-0.25, -0.2) is 0 Å². The highest BCUT2D eigenvalue weighted by Gasteiger charge is 2.28. The van der Waals surface area contributed by atoms with Gasteiger partial charge in [-0.2, -0.15) is 0 Å². The van der Waals surface area contributed by atoms with Crippen molar-refractivity contribution in [3.63, 3.8) is 0 Å². The van der Waals surface area contributed by atoms with Gasteiger partial charge < -0.3 is 10.5 Å². The van der Waals surface area contributed by atoms with Crippen molar-refractivity contribution < 1.29 is 9.53 Å². The molecule has 1 aromatic rings. The van der Waals surface area contributed by atoms with Gasteiger partial charge in [0.15, 0.2) is 0 Å². The molecule has 1 aromatic carbocycles. The third kappa shape index (κ3) is 3.30. The molecule has 92 valence electrons. The number of carbonyl (C=O) groups is 1. The minimum Gasteiger partial charge on any atom is -0.460 e. The van der Waals surface area contributed by atoms with Crippen molar-refractivity contribution in [2.45, 2.75) is 38.3 Å². The van der Waals surface area contributed by atoms with Gasteiger partial charge in [-0.1, -0.05) is 43.2 Å². The highest BCUT2D eigenvalue weighted by atomic mass is 16.5. The third-order valence-corrected chi connectivity index (χ3v) is 3.40. The Morgan fingerprint density at radius 3 is 2.59 bits per heavy atom. The summed E-state index contributed by atoms with van der Waals surface area (Å²) >= 11 is 0. The minimum absolute atomic E-state index is 0.263. The molecule has 0 saturated heterocycles. The normalized spacial score (nSPS) is 17.9. The number of benzene rings is 1. The first-order valence-electron chi connectivity index (χ1n) is 6.23. The van der Waals surface area contributed by atoms with Gasteiger partial charge in [0, 0.05) is 0 Å². The van der Waals surface area contributed by atoms with Crippen LogP contribution in [0.5, 0.6) is 0 Å². The predicted octanol–water partition coefficient (Wildman–Crippen LogP) is 2.25. The summed E-state index contributed by atoms with van der Waals surface area (Å²) in [7, 11) is 0. The molecule has 0 bridgehead atoms. The van der Waals surface area contributed by atoms with E-state index in [0.29, 0.717) is 12.5 Å². The maximum absolute atomic E-state index is 11.8. The molecule has 1 aliphatic rings. The van der Waals surface area contributed by atoms with Gasteiger partial charge in [0.1, 0.15) is 12.6 Å². The van der Waals surface area contributed by atoms with Crippen LogP contribution in [0.1, 0.15) is 31.2 Å². The lowest BCUT2D eigenvalue weighted by Gasteiger charge is -2.17. The van der Waals surface area contributed by atoms with E-state index in [-0.39, 0.29) is 5.97 Å². The number of carbonyl (C=O) groups excluding carboxylic acids is 1. The van der Waals surface area contributed by atoms with Crippen molar-refractivity contribution in [3.05, 3.63) is 35.9 Å². The monoisotopic (exact) mass is 233 g/mol. The van der Waals surface area contributed by atoms with E-state index in [1.807, 2.05) is 30.3 Å². The van der Waals surface area contributed by atoms with E-state index in [4.69, 9.17) is 10.5 Å². The highest BCUT2D eigenvalue weighted by Crippen LogP contribution is 2.27. The van der Waals surface area contributed by atoms with Crippen LogP contribution in [0.3, 0.4) is 0 Å². The number of ether oxygens (including phenoxy) is 1. The van der Waals surface area contributed by atoms with E-state index in [9.17, 15) is 4.79 Å². The smallest absolute Gasteiger partial charge is 0.323 e. The first-order valence-corrected chi connectivity index (χ1v) is 6.23. The van der Waals surface area contributed by atoms with Gasteiger partial charge in [-0.15, -0.1) is 0 Å². The molecule has 1 fully saturated rings. The Morgan fingerprint density at radius 2 is 1.94 bits per heavy atom. The van der Waals surface area contributed by atoms with E-state index in [1.54, 1.807) is 0 Å². The summed E-state index contributed by atoms with van der Waals surface area (Å²) < 4.78 is 5.24. The van der Waals surface area contributed by atoms with Crippen molar-refractivity contribution in [1.29, 1.82) is 0 Å². The van der Waals surface area contributed by atoms with Crippen LogP contribution in [0.25, 0.3) is 0 Å². The molecule has 3 nitrogen and oxygen atoms in total. The zero-order chi connectivity index (χ0) is 12.1. The second-order valence-electron chi connectivity index (χ2n) is 4.66. The van der Waals surface area contributed by atoms with Crippen LogP contribution >= 0.6 is 0 Å². The maximum Gasteiger partial charge on any atom is 0.323 e. The first kappa shape index (κ1) is 12.1. The minimum atomic E-state index is -0.443. The largest absolute Gasteiger partial charge is 0.460 e. The maximum atomic E-state index is 11.8.